The van der Waals surface area contributed by atoms with Crippen LogP contribution >= 0.6 is 0 Å². The van der Waals surface area contributed by atoms with Crippen LogP contribution in [-0.2, 0) is 0 Å². The van der Waals surface area contributed by atoms with E-state index in [9.17, 15) is 0 Å². The fourth-order valence-corrected chi connectivity index (χ4v) is 2.11. The van der Waals surface area contributed by atoms with Gasteiger partial charge in [-0.05, 0) is 17.5 Å². The lowest BCUT2D eigenvalue weighted by Gasteiger charge is -2.19. The molecule has 0 aliphatic heterocycles. The minimum atomic E-state index is -0.291. The van der Waals surface area contributed by atoms with Crippen molar-refractivity contribution < 1.29 is 0 Å². The van der Waals surface area contributed by atoms with E-state index >= 15 is 0 Å². The lowest BCUT2D eigenvalue weighted by atomic mass is 9.88. The molecular weight excluding hydrogens is 208 g/mol. The average Bonchev–Trinajstić information content (AvgIpc) is 2.38. The zero-order chi connectivity index (χ0) is 12.1. The number of benzene rings is 2. The molecule has 17 heavy (non-hydrogen) atoms. The molecule has 0 bridgehead atoms. The summed E-state index contributed by atoms with van der Waals surface area (Å²) in [4.78, 5) is 0. The van der Waals surface area contributed by atoms with Crippen LogP contribution < -0.4 is 11.5 Å². The molecular formula is C15H18N2. The maximum Gasteiger partial charge on any atom is 0.0530 e. The van der Waals surface area contributed by atoms with E-state index in [1.807, 2.05) is 36.4 Å². The summed E-state index contributed by atoms with van der Waals surface area (Å²) in [5.41, 5.74) is 14.0. The Labute approximate surface area is 102 Å². The van der Waals surface area contributed by atoms with E-state index in [4.69, 9.17) is 11.5 Å². The molecule has 0 aliphatic rings. The van der Waals surface area contributed by atoms with Gasteiger partial charge in [-0.3, -0.25) is 0 Å². The highest BCUT2D eigenvalue weighted by Crippen LogP contribution is 2.27. The SMILES string of the molecule is NC(N)CC(c1ccccc1)c1ccccc1. The van der Waals surface area contributed by atoms with Gasteiger partial charge in [0.15, 0.2) is 0 Å². The first kappa shape index (κ1) is 11.8. The zero-order valence-corrected chi connectivity index (χ0v) is 9.79. The smallest absolute Gasteiger partial charge is 0.0530 e. The van der Waals surface area contributed by atoms with E-state index in [0.717, 1.165) is 6.42 Å². The second-order valence-corrected chi connectivity index (χ2v) is 4.27. The van der Waals surface area contributed by atoms with Gasteiger partial charge in [0.05, 0.1) is 6.17 Å². The Morgan fingerprint density at radius 2 is 1.12 bits per heavy atom. The average molecular weight is 226 g/mol. The van der Waals surface area contributed by atoms with Crippen molar-refractivity contribution in [2.45, 2.75) is 18.5 Å². The molecule has 0 saturated heterocycles. The van der Waals surface area contributed by atoms with Crippen molar-refractivity contribution in [2.24, 2.45) is 11.5 Å². The van der Waals surface area contributed by atoms with Gasteiger partial charge in [0.2, 0.25) is 0 Å². The molecule has 4 N–H and O–H groups in total. The van der Waals surface area contributed by atoms with Gasteiger partial charge in [-0.2, -0.15) is 0 Å². The van der Waals surface area contributed by atoms with Crippen molar-refractivity contribution in [2.75, 3.05) is 0 Å². The summed E-state index contributed by atoms with van der Waals surface area (Å²) < 4.78 is 0. The summed E-state index contributed by atoms with van der Waals surface area (Å²) in [7, 11) is 0. The third-order valence-electron chi connectivity index (χ3n) is 2.91. The van der Waals surface area contributed by atoms with Crippen molar-refractivity contribution in [1.29, 1.82) is 0 Å². The first-order valence-electron chi connectivity index (χ1n) is 5.88. The number of hydrogen-bond donors (Lipinski definition) is 2. The molecule has 0 fully saturated rings. The predicted octanol–water partition coefficient (Wildman–Crippen LogP) is 2.45. The second kappa shape index (κ2) is 5.62. The van der Waals surface area contributed by atoms with Crippen LogP contribution in [0.2, 0.25) is 0 Å². The summed E-state index contributed by atoms with van der Waals surface area (Å²) in [5, 5.41) is 0. The van der Waals surface area contributed by atoms with Crippen LogP contribution in [0.4, 0.5) is 0 Å². The Morgan fingerprint density at radius 1 is 0.706 bits per heavy atom. The summed E-state index contributed by atoms with van der Waals surface area (Å²) >= 11 is 0. The lowest BCUT2D eigenvalue weighted by molar-refractivity contribution is 0.588. The van der Waals surface area contributed by atoms with Gasteiger partial charge in [-0.15, -0.1) is 0 Å². The van der Waals surface area contributed by atoms with Crippen LogP contribution in [0.3, 0.4) is 0 Å². The molecule has 0 atom stereocenters. The standard InChI is InChI=1S/C15H18N2/c16-15(17)11-14(12-7-3-1-4-8-12)13-9-5-2-6-10-13/h1-10,14-15H,11,16-17H2. The van der Waals surface area contributed by atoms with Gasteiger partial charge in [0, 0.05) is 5.92 Å². The molecule has 0 unspecified atom stereocenters. The van der Waals surface area contributed by atoms with Gasteiger partial charge >= 0.3 is 0 Å². The van der Waals surface area contributed by atoms with Crippen LogP contribution in [0, 0.1) is 0 Å². The maximum absolute atomic E-state index is 5.75. The number of hydrogen-bond acceptors (Lipinski definition) is 2. The van der Waals surface area contributed by atoms with Gasteiger partial charge in [0.25, 0.3) is 0 Å². The van der Waals surface area contributed by atoms with Gasteiger partial charge < -0.3 is 11.5 Å². The quantitative estimate of drug-likeness (QED) is 0.787. The molecule has 0 aromatic heterocycles. The fourth-order valence-electron chi connectivity index (χ4n) is 2.11. The van der Waals surface area contributed by atoms with Crippen molar-refractivity contribution >= 4 is 0 Å². The fraction of sp³-hybridized carbons (Fsp3) is 0.200. The maximum atomic E-state index is 5.75. The zero-order valence-electron chi connectivity index (χ0n) is 9.79. The minimum absolute atomic E-state index is 0.275. The summed E-state index contributed by atoms with van der Waals surface area (Å²) in [6, 6.07) is 20.7. The molecule has 0 saturated carbocycles. The van der Waals surface area contributed by atoms with E-state index in [1.54, 1.807) is 0 Å². The van der Waals surface area contributed by atoms with E-state index in [-0.39, 0.29) is 12.1 Å². The van der Waals surface area contributed by atoms with Crippen LogP contribution in [0.25, 0.3) is 0 Å². The molecule has 2 rings (SSSR count). The molecule has 2 aromatic carbocycles. The van der Waals surface area contributed by atoms with E-state index in [2.05, 4.69) is 24.3 Å². The number of nitrogens with two attached hydrogens (primary N) is 2. The summed E-state index contributed by atoms with van der Waals surface area (Å²) in [5.74, 6) is 0.275. The molecule has 0 radical (unpaired) electrons. The highest BCUT2D eigenvalue weighted by molar-refractivity contribution is 5.32. The summed E-state index contributed by atoms with van der Waals surface area (Å²) in [6.07, 6.45) is 0.467. The third-order valence-corrected chi connectivity index (χ3v) is 2.91. The number of rotatable bonds is 4. The van der Waals surface area contributed by atoms with Gasteiger partial charge in [-0.25, -0.2) is 0 Å². The minimum Gasteiger partial charge on any atom is -0.316 e. The Kier molecular flexibility index (Phi) is 3.91. The lowest BCUT2D eigenvalue weighted by Crippen LogP contribution is -2.32. The van der Waals surface area contributed by atoms with Crippen molar-refractivity contribution in [3.05, 3.63) is 71.8 Å². The molecule has 0 heterocycles. The van der Waals surface area contributed by atoms with Crippen LogP contribution in [0.15, 0.2) is 60.7 Å². The van der Waals surface area contributed by atoms with E-state index < -0.39 is 0 Å². The van der Waals surface area contributed by atoms with Crippen molar-refractivity contribution in [3.8, 4) is 0 Å². The van der Waals surface area contributed by atoms with E-state index in [0.29, 0.717) is 0 Å². The first-order valence-corrected chi connectivity index (χ1v) is 5.88. The molecule has 88 valence electrons. The summed E-state index contributed by atoms with van der Waals surface area (Å²) in [6.45, 7) is 0. The van der Waals surface area contributed by atoms with Crippen LogP contribution in [-0.4, -0.2) is 6.17 Å². The third kappa shape index (κ3) is 3.16. The Bertz CT molecular complexity index is 397. The van der Waals surface area contributed by atoms with Crippen LogP contribution in [0.1, 0.15) is 23.5 Å². The largest absolute Gasteiger partial charge is 0.316 e. The second-order valence-electron chi connectivity index (χ2n) is 4.27. The van der Waals surface area contributed by atoms with Gasteiger partial charge in [-0.1, -0.05) is 60.7 Å². The van der Waals surface area contributed by atoms with Crippen molar-refractivity contribution in [3.63, 3.8) is 0 Å². The predicted molar refractivity (Wildman–Crippen MR) is 71.5 cm³/mol. The molecule has 2 aromatic rings. The Hall–Kier alpha value is -1.64. The molecule has 0 amide bonds. The van der Waals surface area contributed by atoms with E-state index in [1.165, 1.54) is 11.1 Å². The Morgan fingerprint density at radius 3 is 1.47 bits per heavy atom. The molecule has 0 spiro atoms. The molecule has 2 heteroatoms. The first-order chi connectivity index (χ1) is 8.27. The van der Waals surface area contributed by atoms with Crippen LogP contribution in [0.5, 0.6) is 0 Å². The normalized spacial score (nSPS) is 11.1. The molecule has 0 aliphatic carbocycles. The van der Waals surface area contributed by atoms with Crippen molar-refractivity contribution in [1.82, 2.24) is 0 Å². The van der Waals surface area contributed by atoms with Gasteiger partial charge in [0.1, 0.15) is 0 Å². The Balaban J connectivity index is 2.32. The monoisotopic (exact) mass is 226 g/mol. The highest BCUT2D eigenvalue weighted by Gasteiger charge is 2.15. The molecule has 2 nitrogen and oxygen atoms in total. The highest BCUT2D eigenvalue weighted by atomic mass is 14.8. The topological polar surface area (TPSA) is 52.0 Å².